The maximum absolute atomic E-state index is 15.8. The molecule has 5 atom stereocenters. The van der Waals surface area contributed by atoms with Gasteiger partial charge in [-0.15, -0.1) is 0 Å². The van der Waals surface area contributed by atoms with Gasteiger partial charge in [0.2, 0.25) is 5.78 Å². The van der Waals surface area contributed by atoms with E-state index >= 15 is 4.39 Å². The molecular weight excluding hydrogens is 497 g/mol. The summed E-state index contributed by atoms with van der Waals surface area (Å²) in [6.45, 7) is 3.12. The molecule has 0 bridgehead atoms. The summed E-state index contributed by atoms with van der Waals surface area (Å²) in [6.07, 6.45) is 1.82. The molecule has 1 aromatic carbocycles. The van der Waals surface area contributed by atoms with Crippen molar-refractivity contribution in [2.24, 2.45) is 17.6 Å². The van der Waals surface area contributed by atoms with Crippen molar-refractivity contribution < 1.29 is 39.2 Å². The molecule has 0 radical (unpaired) electrons. The van der Waals surface area contributed by atoms with Crippen molar-refractivity contribution in [3.8, 4) is 5.75 Å². The molecule has 204 valence electrons. The number of phenols is 1. The number of likely N-dealkylation sites (tertiary alicyclic amines) is 1. The highest BCUT2D eigenvalue weighted by molar-refractivity contribution is 6.24. The van der Waals surface area contributed by atoms with Gasteiger partial charge in [0.1, 0.15) is 28.7 Å². The van der Waals surface area contributed by atoms with Gasteiger partial charge in [0, 0.05) is 35.2 Å². The third-order valence-corrected chi connectivity index (χ3v) is 8.79. The first kappa shape index (κ1) is 26.3. The molecular formula is C27H32FN3O7. The Morgan fingerprint density at radius 3 is 2.53 bits per heavy atom. The van der Waals surface area contributed by atoms with Gasteiger partial charge in [0.25, 0.3) is 5.91 Å². The van der Waals surface area contributed by atoms with Gasteiger partial charge in [-0.1, -0.05) is 0 Å². The molecule has 0 saturated carbocycles. The van der Waals surface area contributed by atoms with Gasteiger partial charge >= 0.3 is 0 Å². The lowest BCUT2D eigenvalue weighted by molar-refractivity contribution is -0.148. The Morgan fingerprint density at radius 1 is 1.26 bits per heavy atom. The monoisotopic (exact) mass is 529 g/mol. The number of primary amides is 1. The first-order chi connectivity index (χ1) is 17.8. The number of aliphatic hydroxyl groups is 3. The van der Waals surface area contributed by atoms with Crippen LogP contribution in [-0.2, 0) is 22.6 Å². The summed E-state index contributed by atoms with van der Waals surface area (Å²) in [7, 11) is 3.10. The highest BCUT2D eigenvalue weighted by atomic mass is 19.1. The number of benzene rings is 1. The molecule has 0 unspecified atom stereocenters. The topological polar surface area (TPSA) is 165 Å². The maximum atomic E-state index is 15.8. The van der Waals surface area contributed by atoms with E-state index in [1.54, 1.807) is 14.1 Å². The Labute approximate surface area is 218 Å². The van der Waals surface area contributed by atoms with E-state index in [0.717, 1.165) is 19.4 Å². The molecule has 5 rings (SSSR count). The first-order valence-electron chi connectivity index (χ1n) is 12.7. The lowest BCUT2D eigenvalue weighted by atomic mass is 9.58. The molecule has 0 aromatic heterocycles. The van der Waals surface area contributed by atoms with E-state index in [1.807, 2.05) is 0 Å². The van der Waals surface area contributed by atoms with Gasteiger partial charge in [-0.3, -0.25) is 24.2 Å². The molecule has 1 saturated heterocycles. The normalized spacial score (nSPS) is 31.5. The standard InChI is InChI=1S/C27H32FN3O7/c1-11-5-4-6-31(11)10-13-9-16(32)18-14(20(13)28)7-12-8-15-21(30(2)3)23(34)19(26(29)37)25(36)27(15,38)24(35)17(12)22(18)33/h9,11-12,15,21,32,34-35,38H,4-8,10H2,1-3H3,(H2,29,37)/t11-,12+,15+,21+,27+/m1/s1. The summed E-state index contributed by atoms with van der Waals surface area (Å²) in [5.74, 6) is -8.12. The van der Waals surface area contributed by atoms with Crippen LogP contribution >= 0.6 is 0 Å². The quantitative estimate of drug-likeness (QED) is 0.361. The third kappa shape index (κ3) is 3.52. The summed E-state index contributed by atoms with van der Waals surface area (Å²) in [5.41, 5.74) is 1.40. The van der Waals surface area contributed by atoms with Crippen LogP contribution in [-0.4, -0.2) is 86.0 Å². The van der Waals surface area contributed by atoms with Crippen LogP contribution in [0.4, 0.5) is 4.39 Å². The van der Waals surface area contributed by atoms with E-state index in [4.69, 9.17) is 5.73 Å². The van der Waals surface area contributed by atoms with Gasteiger partial charge < -0.3 is 26.2 Å². The van der Waals surface area contributed by atoms with Crippen LogP contribution in [0.5, 0.6) is 5.75 Å². The number of fused-ring (bicyclic) bond motifs is 3. The summed E-state index contributed by atoms with van der Waals surface area (Å²) >= 11 is 0. The molecule has 1 aliphatic heterocycles. The number of aromatic hydroxyl groups is 1. The Bertz CT molecular complexity index is 1340. The number of rotatable bonds is 4. The van der Waals surface area contributed by atoms with Crippen LogP contribution in [0.3, 0.4) is 0 Å². The van der Waals surface area contributed by atoms with Crippen LogP contribution in [0.15, 0.2) is 28.7 Å². The number of ketones is 2. The molecule has 1 heterocycles. The third-order valence-electron chi connectivity index (χ3n) is 8.79. The first-order valence-corrected chi connectivity index (χ1v) is 12.7. The number of hydrogen-bond acceptors (Lipinski definition) is 9. The van der Waals surface area contributed by atoms with E-state index in [2.05, 4.69) is 11.8 Å². The fraction of sp³-hybridized carbons (Fsp3) is 0.519. The zero-order valence-electron chi connectivity index (χ0n) is 21.5. The molecule has 1 amide bonds. The summed E-state index contributed by atoms with van der Waals surface area (Å²) in [4.78, 5) is 42.5. The molecule has 10 nitrogen and oxygen atoms in total. The van der Waals surface area contributed by atoms with Crippen LogP contribution in [0.25, 0.3) is 0 Å². The van der Waals surface area contributed by atoms with Crippen LogP contribution in [0, 0.1) is 17.7 Å². The predicted octanol–water partition coefficient (Wildman–Crippen LogP) is 1.24. The second-order valence-corrected chi connectivity index (χ2v) is 11.1. The van der Waals surface area contributed by atoms with Crippen molar-refractivity contribution >= 4 is 17.5 Å². The van der Waals surface area contributed by atoms with Crippen molar-refractivity contribution in [1.29, 1.82) is 0 Å². The summed E-state index contributed by atoms with van der Waals surface area (Å²) in [6, 6.07) is 0.381. The van der Waals surface area contributed by atoms with Crippen molar-refractivity contribution in [1.82, 2.24) is 9.80 Å². The molecule has 11 heteroatoms. The minimum absolute atomic E-state index is 0.0185. The average Bonchev–Trinajstić information content (AvgIpc) is 3.23. The molecule has 6 N–H and O–H groups in total. The molecule has 38 heavy (non-hydrogen) atoms. The van der Waals surface area contributed by atoms with Crippen LogP contribution < -0.4 is 5.73 Å². The highest BCUT2D eigenvalue weighted by Crippen LogP contribution is 2.52. The SMILES string of the molecule is C[C@@H]1CCCN1Cc1cc(O)c2c(c1F)C[C@H]1C[C@H]3[C@H](N(C)C)C(O)=C(C(N)=O)C(=O)[C@@]3(O)C(O)=C1C2=O. The zero-order valence-corrected chi connectivity index (χ0v) is 21.5. The van der Waals surface area contributed by atoms with Crippen LogP contribution in [0.2, 0.25) is 0 Å². The summed E-state index contributed by atoms with van der Waals surface area (Å²) < 4.78 is 15.8. The Kier molecular flexibility index (Phi) is 6.16. The largest absolute Gasteiger partial charge is 0.510 e. The zero-order chi connectivity index (χ0) is 27.8. The number of carbonyl (C=O) groups excluding carboxylic acids is 3. The Balaban J connectivity index is 1.64. The number of halogens is 1. The minimum atomic E-state index is -2.72. The highest BCUT2D eigenvalue weighted by Gasteiger charge is 2.63. The van der Waals surface area contributed by atoms with Crippen molar-refractivity contribution in [2.45, 2.75) is 56.8 Å². The van der Waals surface area contributed by atoms with Gasteiger partial charge in [0.15, 0.2) is 11.4 Å². The van der Waals surface area contributed by atoms with Crippen molar-refractivity contribution in [3.63, 3.8) is 0 Å². The number of likely N-dealkylation sites (N-methyl/N-ethyl adjacent to an activating group) is 1. The predicted molar refractivity (Wildman–Crippen MR) is 133 cm³/mol. The fourth-order valence-corrected chi connectivity index (χ4v) is 6.92. The average molecular weight is 530 g/mol. The number of allylic oxidation sites excluding steroid dienone is 1. The number of carbonyl (C=O) groups is 3. The van der Waals surface area contributed by atoms with Crippen molar-refractivity contribution in [3.05, 3.63) is 51.2 Å². The lowest BCUT2D eigenvalue weighted by Gasteiger charge is -2.50. The maximum Gasteiger partial charge on any atom is 0.255 e. The van der Waals surface area contributed by atoms with Crippen LogP contribution in [0.1, 0.15) is 47.7 Å². The fourth-order valence-electron chi connectivity index (χ4n) is 6.92. The van der Waals surface area contributed by atoms with E-state index in [9.17, 15) is 34.8 Å². The van der Waals surface area contributed by atoms with E-state index < -0.39 is 69.6 Å². The second-order valence-electron chi connectivity index (χ2n) is 11.1. The van der Waals surface area contributed by atoms with Crippen molar-refractivity contribution in [2.75, 3.05) is 20.6 Å². The van der Waals surface area contributed by atoms with Gasteiger partial charge in [-0.25, -0.2) is 4.39 Å². The molecule has 4 aliphatic rings. The summed E-state index contributed by atoms with van der Waals surface area (Å²) in [5, 5.41) is 44.5. The number of aliphatic hydroxyl groups excluding tert-OH is 2. The van der Waals surface area contributed by atoms with E-state index in [0.29, 0.717) is 0 Å². The Morgan fingerprint density at radius 2 is 1.95 bits per heavy atom. The smallest absolute Gasteiger partial charge is 0.255 e. The molecule has 1 fully saturated rings. The minimum Gasteiger partial charge on any atom is -0.510 e. The number of amides is 1. The number of phenolic OH excluding ortho intramolecular Hbond substituents is 1. The molecule has 1 aromatic rings. The number of nitrogens with two attached hydrogens (primary N) is 1. The second kappa shape index (κ2) is 8.89. The van der Waals surface area contributed by atoms with Gasteiger partial charge in [-0.2, -0.15) is 0 Å². The Hall–Kier alpha value is -3.28. The van der Waals surface area contributed by atoms with Gasteiger partial charge in [0.05, 0.1) is 11.6 Å². The van der Waals surface area contributed by atoms with E-state index in [1.165, 1.54) is 11.0 Å². The lowest BCUT2D eigenvalue weighted by Crippen LogP contribution is -2.63. The number of hydrogen-bond donors (Lipinski definition) is 5. The van der Waals surface area contributed by atoms with E-state index in [-0.39, 0.29) is 47.7 Å². The van der Waals surface area contributed by atoms with Gasteiger partial charge in [-0.05, 0) is 65.2 Å². The molecule has 0 spiro atoms. The number of nitrogens with zero attached hydrogens (tertiary/aromatic N) is 2. The molecule has 3 aliphatic carbocycles. The number of Topliss-reactive ketones (excluding diaryl/α,β-unsaturated/α-hetero) is 2.